The molecule has 2 heterocycles. The molecule has 114 valence electrons. The number of nitrogens with zero attached hydrogens (tertiary/aromatic N) is 2. The summed E-state index contributed by atoms with van der Waals surface area (Å²) in [5.74, 6) is -1.08. The number of aromatic carboxylic acids is 1. The van der Waals surface area contributed by atoms with Gasteiger partial charge in [0, 0.05) is 32.4 Å². The van der Waals surface area contributed by atoms with Gasteiger partial charge in [0.1, 0.15) is 0 Å². The van der Waals surface area contributed by atoms with Crippen LogP contribution in [0.25, 0.3) is 0 Å². The average molecular weight is 294 g/mol. The molecule has 0 atom stereocenters. The fourth-order valence-electron chi connectivity index (χ4n) is 1.95. The zero-order chi connectivity index (χ0) is 15.1. The largest absolute Gasteiger partial charge is 0.478 e. The number of carbonyl (C=O) groups excluding carboxylic acids is 1. The Morgan fingerprint density at radius 3 is 2.81 bits per heavy atom. The van der Waals surface area contributed by atoms with Crippen molar-refractivity contribution in [3.05, 3.63) is 24.0 Å². The van der Waals surface area contributed by atoms with Gasteiger partial charge in [-0.15, -0.1) is 0 Å². The Morgan fingerprint density at radius 1 is 1.33 bits per heavy atom. The topological polar surface area (TPSA) is 104 Å². The van der Waals surface area contributed by atoms with E-state index in [9.17, 15) is 9.59 Å². The molecule has 0 aromatic carbocycles. The van der Waals surface area contributed by atoms with Crippen LogP contribution in [0, 0.1) is 0 Å². The maximum absolute atomic E-state index is 11.7. The number of amides is 2. The van der Waals surface area contributed by atoms with Crippen molar-refractivity contribution in [2.24, 2.45) is 0 Å². The number of morpholine rings is 1. The summed E-state index contributed by atoms with van der Waals surface area (Å²) >= 11 is 0. The van der Waals surface area contributed by atoms with Gasteiger partial charge in [-0.1, -0.05) is 0 Å². The summed E-state index contributed by atoms with van der Waals surface area (Å²) in [5, 5.41) is 14.1. The van der Waals surface area contributed by atoms with Gasteiger partial charge in [-0.2, -0.15) is 0 Å². The zero-order valence-electron chi connectivity index (χ0n) is 11.5. The van der Waals surface area contributed by atoms with Gasteiger partial charge in [-0.3, -0.25) is 9.88 Å². The van der Waals surface area contributed by atoms with Gasteiger partial charge in [0.15, 0.2) is 0 Å². The summed E-state index contributed by atoms with van der Waals surface area (Å²) in [6.45, 7) is 4.45. The smallest absolute Gasteiger partial charge is 0.337 e. The summed E-state index contributed by atoms with van der Waals surface area (Å²) in [6.07, 6.45) is 2.62. The highest BCUT2D eigenvalue weighted by molar-refractivity contribution is 5.92. The Kier molecular flexibility index (Phi) is 5.47. The van der Waals surface area contributed by atoms with Crippen LogP contribution in [0.5, 0.6) is 0 Å². The normalized spacial score (nSPS) is 15.4. The van der Waals surface area contributed by atoms with Gasteiger partial charge >= 0.3 is 12.0 Å². The van der Waals surface area contributed by atoms with Crippen LogP contribution in [0.2, 0.25) is 0 Å². The number of carbonyl (C=O) groups is 2. The summed E-state index contributed by atoms with van der Waals surface area (Å²) in [5.41, 5.74) is 0.375. The number of anilines is 1. The molecule has 1 aromatic heterocycles. The fraction of sp³-hybridized carbons (Fsp3) is 0.462. The van der Waals surface area contributed by atoms with Crippen molar-refractivity contribution < 1.29 is 19.4 Å². The van der Waals surface area contributed by atoms with Crippen LogP contribution in [0.1, 0.15) is 10.4 Å². The molecule has 8 heteroatoms. The van der Waals surface area contributed by atoms with Gasteiger partial charge in [-0.25, -0.2) is 9.59 Å². The van der Waals surface area contributed by atoms with Crippen LogP contribution < -0.4 is 10.6 Å². The maximum Gasteiger partial charge on any atom is 0.337 e. The van der Waals surface area contributed by atoms with Crippen LogP contribution in [-0.4, -0.2) is 66.4 Å². The molecule has 0 saturated carbocycles. The minimum atomic E-state index is -1.08. The monoisotopic (exact) mass is 294 g/mol. The third-order valence-electron chi connectivity index (χ3n) is 3.06. The van der Waals surface area contributed by atoms with Crippen LogP contribution >= 0.6 is 0 Å². The summed E-state index contributed by atoms with van der Waals surface area (Å²) in [4.78, 5) is 28.5. The second-order valence-electron chi connectivity index (χ2n) is 4.60. The molecule has 21 heavy (non-hydrogen) atoms. The van der Waals surface area contributed by atoms with E-state index in [2.05, 4.69) is 20.5 Å². The van der Waals surface area contributed by atoms with Crippen molar-refractivity contribution >= 4 is 17.7 Å². The van der Waals surface area contributed by atoms with Crippen LogP contribution in [0.15, 0.2) is 18.5 Å². The Morgan fingerprint density at radius 2 is 2.10 bits per heavy atom. The van der Waals surface area contributed by atoms with E-state index in [4.69, 9.17) is 9.84 Å². The number of pyridine rings is 1. The SMILES string of the molecule is O=C(NCCN1CCOCC1)Nc1cncc(C(=O)O)c1. The number of ether oxygens (including phenoxy) is 1. The van der Waals surface area contributed by atoms with Gasteiger partial charge in [-0.05, 0) is 6.07 Å². The number of urea groups is 1. The molecular formula is C13H18N4O4. The molecule has 1 saturated heterocycles. The second-order valence-corrected chi connectivity index (χ2v) is 4.60. The standard InChI is InChI=1S/C13H18N4O4/c18-12(19)10-7-11(9-14-8-10)16-13(20)15-1-2-17-3-5-21-6-4-17/h7-9H,1-6H2,(H,18,19)(H2,15,16,20). The van der Waals surface area contributed by atoms with Gasteiger partial charge in [0.2, 0.25) is 0 Å². The van der Waals surface area contributed by atoms with E-state index in [1.54, 1.807) is 0 Å². The molecule has 8 nitrogen and oxygen atoms in total. The number of carboxylic acids is 1. The summed E-state index contributed by atoms with van der Waals surface area (Å²) in [6, 6.07) is 0.976. The van der Waals surface area contributed by atoms with E-state index in [0.717, 1.165) is 32.8 Å². The molecule has 2 rings (SSSR count). The van der Waals surface area contributed by atoms with Crippen molar-refractivity contribution in [1.82, 2.24) is 15.2 Å². The molecular weight excluding hydrogens is 276 g/mol. The van der Waals surface area contributed by atoms with Gasteiger partial charge < -0.3 is 20.5 Å². The molecule has 0 unspecified atom stereocenters. The number of hydrogen-bond acceptors (Lipinski definition) is 5. The lowest BCUT2D eigenvalue weighted by Gasteiger charge is -2.26. The molecule has 3 N–H and O–H groups in total. The lowest BCUT2D eigenvalue weighted by Crippen LogP contribution is -2.42. The van der Waals surface area contributed by atoms with Gasteiger partial charge in [0.05, 0.1) is 30.7 Å². The summed E-state index contributed by atoms with van der Waals surface area (Å²) < 4.78 is 5.24. The van der Waals surface area contributed by atoms with E-state index in [-0.39, 0.29) is 11.6 Å². The first-order valence-electron chi connectivity index (χ1n) is 6.68. The fourth-order valence-corrected chi connectivity index (χ4v) is 1.95. The predicted octanol–water partition coefficient (Wildman–Crippen LogP) is 0.234. The van der Waals surface area contributed by atoms with Crippen molar-refractivity contribution in [2.75, 3.05) is 44.7 Å². The van der Waals surface area contributed by atoms with E-state index in [0.29, 0.717) is 12.2 Å². The van der Waals surface area contributed by atoms with Crippen LogP contribution in [0.3, 0.4) is 0 Å². The van der Waals surface area contributed by atoms with E-state index >= 15 is 0 Å². The Bertz CT molecular complexity index is 503. The molecule has 0 radical (unpaired) electrons. The predicted molar refractivity (Wildman–Crippen MR) is 75.5 cm³/mol. The number of rotatable bonds is 5. The molecule has 1 fully saturated rings. The van der Waals surface area contributed by atoms with Crippen molar-refractivity contribution in [3.63, 3.8) is 0 Å². The molecule has 0 bridgehead atoms. The molecule has 1 aromatic rings. The molecule has 1 aliphatic rings. The maximum atomic E-state index is 11.7. The Hall–Kier alpha value is -2.19. The minimum Gasteiger partial charge on any atom is -0.478 e. The van der Waals surface area contributed by atoms with Crippen LogP contribution in [0.4, 0.5) is 10.5 Å². The van der Waals surface area contributed by atoms with Crippen molar-refractivity contribution in [2.45, 2.75) is 0 Å². The van der Waals surface area contributed by atoms with Crippen molar-refractivity contribution in [1.29, 1.82) is 0 Å². The van der Waals surface area contributed by atoms with E-state index in [1.165, 1.54) is 18.5 Å². The quantitative estimate of drug-likeness (QED) is 0.718. The van der Waals surface area contributed by atoms with Crippen molar-refractivity contribution in [3.8, 4) is 0 Å². The average Bonchev–Trinajstić information content (AvgIpc) is 2.48. The summed E-state index contributed by atoms with van der Waals surface area (Å²) in [7, 11) is 0. The third kappa shape index (κ3) is 5.01. The highest BCUT2D eigenvalue weighted by Gasteiger charge is 2.10. The zero-order valence-corrected chi connectivity index (χ0v) is 11.5. The first kappa shape index (κ1) is 15.2. The number of nitrogens with one attached hydrogen (secondary N) is 2. The van der Waals surface area contributed by atoms with E-state index in [1.807, 2.05) is 0 Å². The minimum absolute atomic E-state index is 0.0288. The first-order chi connectivity index (χ1) is 10.1. The Balaban J connectivity index is 1.73. The molecule has 1 aliphatic heterocycles. The van der Waals surface area contributed by atoms with E-state index < -0.39 is 5.97 Å². The number of carboxylic acid groups (broad SMARTS) is 1. The number of aromatic nitrogens is 1. The molecule has 2 amide bonds. The number of hydrogen-bond donors (Lipinski definition) is 3. The lowest BCUT2D eigenvalue weighted by atomic mass is 10.3. The Labute approximate surface area is 122 Å². The first-order valence-corrected chi connectivity index (χ1v) is 6.68. The lowest BCUT2D eigenvalue weighted by molar-refractivity contribution is 0.0388. The molecule has 0 aliphatic carbocycles. The highest BCUT2D eigenvalue weighted by Crippen LogP contribution is 2.07. The second kappa shape index (κ2) is 7.55. The third-order valence-corrected chi connectivity index (χ3v) is 3.06. The van der Waals surface area contributed by atoms with Crippen LogP contribution in [-0.2, 0) is 4.74 Å². The van der Waals surface area contributed by atoms with Gasteiger partial charge in [0.25, 0.3) is 0 Å². The highest BCUT2D eigenvalue weighted by atomic mass is 16.5. The molecule has 0 spiro atoms.